The van der Waals surface area contributed by atoms with E-state index in [0.717, 1.165) is 44.0 Å². The molecule has 3 aromatic rings. The lowest BCUT2D eigenvalue weighted by molar-refractivity contribution is -0.111. The fourth-order valence-corrected chi connectivity index (χ4v) is 4.71. The zero-order valence-corrected chi connectivity index (χ0v) is 24.0. The molecule has 0 radical (unpaired) electrons. The van der Waals surface area contributed by atoms with Crippen LogP contribution >= 0.6 is 0 Å². The Morgan fingerprint density at radius 1 is 1.07 bits per heavy atom. The summed E-state index contributed by atoms with van der Waals surface area (Å²) in [6.07, 6.45) is 2.76. The van der Waals surface area contributed by atoms with Crippen LogP contribution in [0.25, 0.3) is 0 Å². The second kappa shape index (κ2) is 13.5. The van der Waals surface area contributed by atoms with E-state index >= 15 is 0 Å². The summed E-state index contributed by atoms with van der Waals surface area (Å²) in [7, 11) is 3.21. The first-order valence-electron chi connectivity index (χ1n) is 13.6. The van der Waals surface area contributed by atoms with Crippen molar-refractivity contribution in [3.8, 4) is 17.6 Å². The first-order valence-corrected chi connectivity index (χ1v) is 13.6. The van der Waals surface area contributed by atoms with Gasteiger partial charge in [-0.3, -0.25) is 4.79 Å². The Morgan fingerprint density at radius 3 is 2.39 bits per heavy atom. The van der Waals surface area contributed by atoms with Crippen LogP contribution < -0.4 is 30.3 Å². The molecule has 10 nitrogen and oxygen atoms in total. The number of hydrogen-bond donors (Lipinski definition) is 3. The van der Waals surface area contributed by atoms with Crippen molar-refractivity contribution in [3.05, 3.63) is 72.4 Å². The van der Waals surface area contributed by atoms with Crippen molar-refractivity contribution in [2.75, 3.05) is 67.8 Å². The first kappa shape index (κ1) is 29.2. The van der Waals surface area contributed by atoms with E-state index in [0.29, 0.717) is 39.9 Å². The Bertz CT molecular complexity index is 1410. The molecule has 2 aromatic carbocycles. The number of hydrogen-bond acceptors (Lipinski definition) is 9. The van der Waals surface area contributed by atoms with Crippen LogP contribution in [0.3, 0.4) is 0 Å². The average Bonchev–Trinajstić information content (AvgIpc) is 3.01. The standard InChI is InChI=1S/C31H37N7O3/c1-6-31(39)36-29-16-24(38-12-10-37(7-2)11-13-38)8-9-27(29)35-30-18-28(23(19-32)20-33-30)34-21(3)22-14-25(40-4)17-26(15-22)41-5/h6,8-9,14-18,20-21H,1,7,10-13H2,2-5H3,(H,36,39)(H2,33,34,35). The van der Waals surface area contributed by atoms with Gasteiger partial charge in [0.1, 0.15) is 23.4 Å². The van der Waals surface area contributed by atoms with Gasteiger partial charge in [-0.05, 0) is 55.4 Å². The minimum Gasteiger partial charge on any atom is -0.497 e. The molecule has 0 aliphatic carbocycles. The second-order valence-corrected chi connectivity index (χ2v) is 9.71. The van der Waals surface area contributed by atoms with E-state index in [-0.39, 0.29) is 11.9 Å². The molecule has 0 saturated carbocycles. The maximum Gasteiger partial charge on any atom is 0.247 e. The lowest BCUT2D eigenvalue weighted by atomic mass is 10.1. The van der Waals surface area contributed by atoms with Crippen LogP contribution in [0.5, 0.6) is 11.5 Å². The lowest BCUT2D eigenvalue weighted by Crippen LogP contribution is -2.46. The van der Waals surface area contributed by atoms with Crippen LogP contribution in [0.1, 0.15) is 31.0 Å². The van der Waals surface area contributed by atoms with Crippen LogP contribution in [0, 0.1) is 11.3 Å². The predicted molar refractivity (Wildman–Crippen MR) is 163 cm³/mol. The highest BCUT2D eigenvalue weighted by molar-refractivity contribution is 6.02. The van der Waals surface area contributed by atoms with Crippen LogP contribution in [0.4, 0.5) is 28.6 Å². The van der Waals surface area contributed by atoms with Crippen LogP contribution in [-0.4, -0.2) is 62.7 Å². The second-order valence-electron chi connectivity index (χ2n) is 9.71. The fourth-order valence-electron chi connectivity index (χ4n) is 4.71. The number of benzene rings is 2. The molecule has 10 heteroatoms. The Morgan fingerprint density at radius 2 is 1.78 bits per heavy atom. The quantitative estimate of drug-likeness (QED) is 0.276. The highest BCUT2D eigenvalue weighted by atomic mass is 16.5. The van der Waals surface area contributed by atoms with Crippen molar-refractivity contribution in [3.63, 3.8) is 0 Å². The summed E-state index contributed by atoms with van der Waals surface area (Å²) < 4.78 is 10.8. The smallest absolute Gasteiger partial charge is 0.247 e. The molecular formula is C31H37N7O3. The van der Waals surface area contributed by atoms with Crippen molar-refractivity contribution in [1.82, 2.24) is 9.88 Å². The number of aromatic nitrogens is 1. The molecule has 0 spiro atoms. The van der Waals surface area contributed by atoms with Gasteiger partial charge in [-0.2, -0.15) is 5.26 Å². The molecule has 1 unspecified atom stereocenters. The van der Waals surface area contributed by atoms with E-state index in [1.807, 2.05) is 43.3 Å². The fraction of sp³-hybridized carbons (Fsp3) is 0.323. The SMILES string of the molecule is C=CC(=O)Nc1cc(N2CCN(CC)CC2)ccc1Nc1cc(NC(C)c2cc(OC)cc(OC)c2)c(C#N)cn1. The van der Waals surface area contributed by atoms with Gasteiger partial charge in [-0.1, -0.05) is 13.5 Å². The number of methoxy groups -OCH3 is 2. The number of anilines is 5. The van der Waals surface area contributed by atoms with Crippen molar-refractivity contribution < 1.29 is 14.3 Å². The summed E-state index contributed by atoms with van der Waals surface area (Å²) in [4.78, 5) is 21.5. The molecule has 1 amide bonds. The molecule has 1 aromatic heterocycles. The van der Waals surface area contributed by atoms with Gasteiger partial charge in [0.25, 0.3) is 0 Å². The lowest BCUT2D eigenvalue weighted by Gasteiger charge is -2.35. The predicted octanol–water partition coefficient (Wildman–Crippen LogP) is 5.15. The largest absolute Gasteiger partial charge is 0.497 e. The molecule has 1 fully saturated rings. The molecule has 41 heavy (non-hydrogen) atoms. The van der Waals surface area contributed by atoms with Crippen molar-refractivity contribution >= 4 is 34.5 Å². The number of amides is 1. The highest BCUT2D eigenvalue weighted by Crippen LogP contribution is 2.33. The zero-order chi connectivity index (χ0) is 29.4. The average molecular weight is 556 g/mol. The summed E-state index contributed by atoms with van der Waals surface area (Å²) in [5, 5.41) is 19.4. The maximum absolute atomic E-state index is 12.3. The third-order valence-corrected chi connectivity index (χ3v) is 7.16. The number of nitrogens with one attached hydrogen (secondary N) is 3. The number of piperazine rings is 1. The van der Waals surface area contributed by atoms with E-state index in [1.54, 1.807) is 20.3 Å². The van der Waals surface area contributed by atoms with Crippen molar-refractivity contribution in [2.24, 2.45) is 0 Å². The maximum atomic E-state index is 12.3. The van der Waals surface area contributed by atoms with E-state index < -0.39 is 0 Å². The number of likely N-dealkylation sites (N-methyl/N-ethyl adjacent to an activating group) is 1. The van der Waals surface area contributed by atoms with Gasteiger partial charge in [0, 0.05) is 56.2 Å². The van der Waals surface area contributed by atoms with Gasteiger partial charge in [0.05, 0.1) is 36.8 Å². The highest BCUT2D eigenvalue weighted by Gasteiger charge is 2.18. The van der Waals surface area contributed by atoms with E-state index in [4.69, 9.17) is 9.47 Å². The van der Waals surface area contributed by atoms with Crippen LogP contribution in [-0.2, 0) is 4.79 Å². The molecule has 1 aliphatic rings. The number of nitrogens with zero attached hydrogens (tertiary/aromatic N) is 4. The molecular weight excluding hydrogens is 518 g/mol. The minimum atomic E-state index is -0.307. The van der Waals surface area contributed by atoms with E-state index in [9.17, 15) is 10.1 Å². The Hall–Kier alpha value is -4.75. The molecule has 214 valence electrons. The number of carbonyl (C=O) groups is 1. The molecule has 3 N–H and O–H groups in total. The Labute approximate surface area is 241 Å². The number of pyridine rings is 1. The van der Waals surface area contributed by atoms with Gasteiger partial charge in [0.2, 0.25) is 5.91 Å². The number of carbonyl (C=O) groups excluding carboxylic acids is 1. The number of ether oxygens (including phenoxy) is 2. The van der Waals surface area contributed by atoms with Crippen LogP contribution in [0.2, 0.25) is 0 Å². The number of nitriles is 1. The van der Waals surface area contributed by atoms with Gasteiger partial charge in [-0.25, -0.2) is 4.98 Å². The summed E-state index contributed by atoms with van der Waals surface area (Å²) >= 11 is 0. The Balaban J connectivity index is 1.59. The van der Waals surface area contributed by atoms with Crippen molar-refractivity contribution in [2.45, 2.75) is 19.9 Å². The monoisotopic (exact) mass is 555 g/mol. The molecule has 4 rings (SSSR count). The third-order valence-electron chi connectivity index (χ3n) is 7.16. The Kier molecular flexibility index (Phi) is 9.66. The van der Waals surface area contributed by atoms with E-state index in [2.05, 4.69) is 50.3 Å². The minimum absolute atomic E-state index is 0.170. The zero-order valence-electron chi connectivity index (χ0n) is 24.0. The number of rotatable bonds is 11. The van der Waals surface area contributed by atoms with Crippen LogP contribution in [0.15, 0.2) is 61.3 Å². The van der Waals surface area contributed by atoms with Gasteiger partial charge in [0.15, 0.2) is 0 Å². The topological polar surface area (TPSA) is 115 Å². The normalized spacial score (nSPS) is 14.0. The van der Waals surface area contributed by atoms with Gasteiger partial charge < -0.3 is 35.2 Å². The molecule has 0 bridgehead atoms. The molecule has 1 aliphatic heterocycles. The van der Waals surface area contributed by atoms with Gasteiger partial charge in [-0.15, -0.1) is 0 Å². The summed E-state index contributed by atoms with van der Waals surface area (Å²) in [6.45, 7) is 12.6. The summed E-state index contributed by atoms with van der Waals surface area (Å²) in [6, 6.07) is 15.4. The molecule has 2 heterocycles. The summed E-state index contributed by atoms with van der Waals surface area (Å²) in [5.41, 5.74) is 4.26. The third kappa shape index (κ3) is 7.26. The van der Waals surface area contributed by atoms with Gasteiger partial charge >= 0.3 is 0 Å². The van der Waals surface area contributed by atoms with Crippen molar-refractivity contribution in [1.29, 1.82) is 5.26 Å². The van der Waals surface area contributed by atoms with E-state index in [1.165, 1.54) is 12.3 Å². The summed E-state index contributed by atoms with van der Waals surface area (Å²) in [5.74, 6) is 1.56. The first-order chi connectivity index (χ1) is 19.9. The molecule has 1 atom stereocenters. The molecule has 1 saturated heterocycles.